The fourth-order valence-electron chi connectivity index (χ4n) is 4.71. The third kappa shape index (κ3) is 6.52. The number of rotatable bonds is 7. The SMILES string of the molecule is Cc1cccc(C(C(=O)Nc2ccc3ccccc3c2)N(C(=O)C(C)NC(=O)OC(C)(C)C)C2CCC2)c1. The Morgan fingerprint density at radius 1 is 0.947 bits per heavy atom. The zero-order valence-electron chi connectivity index (χ0n) is 22.8. The van der Waals surface area contributed by atoms with Gasteiger partial charge in [0.15, 0.2) is 0 Å². The van der Waals surface area contributed by atoms with E-state index in [1.807, 2.05) is 73.7 Å². The Hall–Kier alpha value is -3.87. The molecule has 2 N–H and O–H groups in total. The van der Waals surface area contributed by atoms with Crippen LogP contribution in [-0.4, -0.2) is 40.5 Å². The van der Waals surface area contributed by atoms with E-state index in [2.05, 4.69) is 10.6 Å². The smallest absolute Gasteiger partial charge is 0.408 e. The van der Waals surface area contributed by atoms with Crippen LogP contribution in [0.1, 0.15) is 64.1 Å². The molecule has 0 aromatic heterocycles. The maximum Gasteiger partial charge on any atom is 0.408 e. The molecule has 200 valence electrons. The molecule has 4 rings (SSSR count). The summed E-state index contributed by atoms with van der Waals surface area (Å²) in [6.07, 6.45) is 1.92. The minimum absolute atomic E-state index is 0.0988. The number of hydrogen-bond acceptors (Lipinski definition) is 4. The summed E-state index contributed by atoms with van der Waals surface area (Å²) in [4.78, 5) is 41.9. The number of aryl methyl sites for hydroxylation is 1. The van der Waals surface area contributed by atoms with Gasteiger partial charge in [0, 0.05) is 11.7 Å². The summed E-state index contributed by atoms with van der Waals surface area (Å²) >= 11 is 0. The maximum atomic E-state index is 14.0. The van der Waals surface area contributed by atoms with Crippen molar-refractivity contribution in [3.8, 4) is 0 Å². The van der Waals surface area contributed by atoms with E-state index in [4.69, 9.17) is 4.74 Å². The summed E-state index contributed by atoms with van der Waals surface area (Å²) in [6, 6.07) is 19.6. The van der Waals surface area contributed by atoms with Crippen LogP contribution in [0.4, 0.5) is 10.5 Å². The van der Waals surface area contributed by atoms with Crippen molar-refractivity contribution in [1.29, 1.82) is 0 Å². The minimum atomic E-state index is -0.869. The molecule has 0 heterocycles. The van der Waals surface area contributed by atoms with Gasteiger partial charge in [0.05, 0.1) is 0 Å². The highest BCUT2D eigenvalue weighted by Crippen LogP contribution is 2.34. The topological polar surface area (TPSA) is 87.7 Å². The van der Waals surface area contributed by atoms with Crippen LogP contribution in [-0.2, 0) is 14.3 Å². The number of alkyl carbamates (subject to hydrolysis) is 1. The van der Waals surface area contributed by atoms with Crippen LogP contribution in [0, 0.1) is 6.92 Å². The molecule has 2 unspecified atom stereocenters. The van der Waals surface area contributed by atoms with Gasteiger partial charge in [0.25, 0.3) is 5.91 Å². The van der Waals surface area contributed by atoms with Crippen molar-refractivity contribution in [2.24, 2.45) is 0 Å². The summed E-state index contributed by atoms with van der Waals surface area (Å²) in [7, 11) is 0. The van der Waals surface area contributed by atoms with Crippen LogP contribution in [0.25, 0.3) is 10.8 Å². The monoisotopic (exact) mass is 515 g/mol. The molecule has 0 saturated heterocycles. The summed E-state index contributed by atoms with van der Waals surface area (Å²) in [5.41, 5.74) is 1.69. The van der Waals surface area contributed by atoms with Crippen LogP contribution >= 0.6 is 0 Å². The number of anilines is 1. The zero-order valence-corrected chi connectivity index (χ0v) is 22.8. The van der Waals surface area contributed by atoms with E-state index in [-0.39, 0.29) is 17.9 Å². The Bertz CT molecular complexity index is 1330. The Morgan fingerprint density at radius 3 is 2.29 bits per heavy atom. The van der Waals surface area contributed by atoms with Gasteiger partial charge in [-0.05, 0) is 82.3 Å². The average molecular weight is 516 g/mol. The molecule has 38 heavy (non-hydrogen) atoms. The number of nitrogens with zero attached hydrogens (tertiary/aromatic N) is 1. The molecule has 3 aromatic rings. The predicted molar refractivity (Wildman–Crippen MR) is 150 cm³/mol. The summed E-state index contributed by atoms with van der Waals surface area (Å²) in [6.45, 7) is 8.90. The highest BCUT2D eigenvalue weighted by Gasteiger charge is 2.41. The van der Waals surface area contributed by atoms with Crippen LogP contribution in [0.2, 0.25) is 0 Å². The number of hydrogen-bond donors (Lipinski definition) is 2. The van der Waals surface area contributed by atoms with Crippen molar-refractivity contribution in [1.82, 2.24) is 10.2 Å². The molecule has 1 fully saturated rings. The van der Waals surface area contributed by atoms with Crippen molar-refractivity contribution < 1.29 is 19.1 Å². The second-order valence-electron chi connectivity index (χ2n) is 11.1. The largest absolute Gasteiger partial charge is 0.444 e. The molecule has 1 aliphatic carbocycles. The highest BCUT2D eigenvalue weighted by molar-refractivity contribution is 6.00. The van der Waals surface area contributed by atoms with Crippen LogP contribution < -0.4 is 10.6 Å². The van der Waals surface area contributed by atoms with Crippen molar-refractivity contribution in [2.75, 3.05) is 5.32 Å². The van der Waals surface area contributed by atoms with Gasteiger partial charge in [0.1, 0.15) is 17.7 Å². The second kappa shape index (κ2) is 11.3. The Balaban J connectivity index is 1.66. The lowest BCUT2D eigenvalue weighted by atomic mass is 9.88. The first-order chi connectivity index (χ1) is 18.0. The normalized spacial score (nSPS) is 15.2. The lowest BCUT2D eigenvalue weighted by molar-refractivity contribution is -0.145. The molecule has 1 saturated carbocycles. The number of carbonyl (C=O) groups is 3. The van der Waals surface area contributed by atoms with Crippen LogP contribution in [0.15, 0.2) is 66.7 Å². The molecule has 2 atom stereocenters. The van der Waals surface area contributed by atoms with Crippen LogP contribution in [0.5, 0.6) is 0 Å². The van der Waals surface area contributed by atoms with E-state index in [9.17, 15) is 14.4 Å². The number of benzene rings is 3. The van der Waals surface area contributed by atoms with Gasteiger partial charge in [-0.3, -0.25) is 9.59 Å². The lowest BCUT2D eigenvalue weighted by Crippen LogP contribution is -2.56. The molecule has 7 heteroatoms. The molecule has 0 spiro atoms. The number of nitrogens with one attached hydrogen (secondary N) is 2. The highest BCUT2D eigenvalue weighted by atomic mass is 16.6. The minimum Gasteiger partial charge on any atom is -0.444 e. The number of fused-ring (bicyclic) bond motifs is 1. The maximum absolute atomic E-state index is 14.0. The van der Waals surface area contributed by atoms with Gasteiger partial charge < -0.3 is 20.3 Å². The molecule has 1 aliphatic rings. The first-order valence-electron chi connectivity index (χ1n) is 13.2. The van der Waals surface area contributed by atoms with E-state index in [1.54, 1.807) is 32.6 Å². The van der Waals surface area contributed by atoms with Crippen molar-refractivity contribution >= 4 is 34.4 Å². The van der Waals surface area contributed by atoms with Gasteiger partial charge >= 0.3 is 6.09 Å². The lowest BCUT2D eigenvalue weighted by Gasteiger charge is -2.43. The van der Waals surface area contributed by atoms with E-state index in [0.29, 0.717) is 5.69 Å². The Kier molecular flexibility index (Phi) is 8.05. The molecule has 0 radical (unpaired) electrons. The Labute approximate surface area is 224 Å². The van der Waals surface area contributed by atoms with Gasteiger partial charge in [-0.1, -0.05) is 60.2 Å². The van der Waals surface area contributed by atoms with Gasteiger partial charge in [0.2, 0.25) is 5.91 Å². The molecule has 7 nitrogen and oxygen atoms in total. The average Bonchev–Trinajstić information content (AvgIpc) is 2.80. The third-order valence-electron chi connectivity index (χ3n) is 6.73. The number of ether oxygens (including phenoxy) is 1. The Morgan fingerprint density at radius 2 is 1.66 bits per heavy atom. The van der Waals surface area contributed by atoms with Crippen molar-refractivity contribution in [3.05, 3.63) is 77.9 Å². The molecule has 3 amide bonds. The molecule has 3 aromatic carbocycles. The van der Waals surface area contributed by atoms with E-state index < -0.39 is 23.8 Å². The van der Waals surface area contributed by atoms with Gasteiger partial charge in [-0.25, -0.2) is 4.79 Å². The summed E-state index contributed by atoms with van der Waals surface area (Å²) in [5, 5.41) is 7.81. The van der Waals surface area contributed by atoms with Gasteiger partial charge in [-0.15, -0.1) is 0 Å². The predicted octanol–water partition coefficient (Wildman–Crippen LogP) is 6.12. The standard InChI is InChI=1S/C31H37N3O4/c1-20-10-8-13-24(18-20)27(28(35)33-25-17-16-22-11-6-7-12-23(22)19-25)34(26-14-9-15-26)29(36)21(2)32-30(37)38-31(3,4)5/h6-8,10-13,16-19,21,26-27H,9,14-15H2,1-5H3,(H,32,37)(H,33,35). The molecular formula is C31H37N3O4. The quantitative estimate of drug-likeness (QED) is 0.397. The van der Waals surface area contributed by atoms with E-state index >= 15 is 0 Å². The summed E-state index contributed by atoms with van der Waals surface area (Å²) < 4.78 is 5.36. The first-order valence-corrected chi connectivity index (χ1v) is 13.2. The fourth-order valence-corrected chi connectivity index (χ4v) is 4.71. The number of carbonyl (C=O) groups excluding carboxylic acids is 3. The van der Waals surface area contributed by atoms with Gasteiger partial charge in [-0.2, -0.15) is 0 Å². The first kappa shape index (κ1) is 27.2. The summed E-state index contributed by atoms with van der Waals surface area (Å²) in [5.74, 6) is -0.615. The number of amides is 3. The molecule has 0 aliphatic heterocycles. The zero-order chi connectivity index (χ0) is 27.4. The second-order valence-corrected chi connectivity index (χ2v) is 11.1. The third-order valence-corrected chi connectivity index (χ3v) is 6.73. The molecular weight excluding hydrogens is 478 g/mol. The van der Waals surface area contributed by atoms with E-state index in [0.717, 1.165) is 41.2 Å². The van der Waals surface area contributed by atoms with Crippen molar-refractivity contribution in [3.63, 3.8) is 0 Å². The van der Waals surface area contributed by atoms with Crippen LogP contribution in [0.3, 0.4) is 0 Å². The van der Waals surface area contributed by atoms with E-state index in [1.165, 1.54) is 0 Å². The fraction of sp³-hybridized carbons (Fsp3) is 0.387. The van der Waals surface area contributed by atoms with Crippen molar-refractivity contribution in [2.45, 2.75) is 77.6 Å². The molecule has 0 bridgehead atoms.